The molecule has 2 N–H and O–H groups in total. The zero-order valence-corrected chi connectivity index (χ0v) is 16.5. The van der Waals surface area contributed by atoms with Crippen LogP contribution in [0.4, 0.5) is 11.4 Å². The largest absolute Gasteiger partial charge is 0.326 e. The standard InChI is InChI=1S/C22H23N5O2/c1-3-15-4-10-19(11-5-15)27-13-17(12-20(27)28)22(29)24-18-8-6-16(7-9-18)21-23-14(2)25-26-21/h4-11,17H,3,12-13H2,1-2H3,(H,24,29)(H,23,25,26). The Balaban J connectivity index is 1.40. The molecule has 3 aromatic rings. The summed E-state index contributed by atoms with van der Waals surface area (Å²) < 4.78 is 0. The minimum atomic E-state index is -0.372. The van der Waals surface area contributed by atoms with Crippen LogP contribution in [0, 0.1) is 12.8 Å². The van der Waals surface area contributed by atoms with E-state index in [-0.39, 0.29) is 24.2 Å². The maximum Gasteiger partial charge on any atom is 0.229 e. The minimum absolute atomic E-state index is 0.0234. The van der Waals surface area contributed by atoms with Crippen LogP contribution in [0.1, 0.15) is 24.7 Å². The Labute approximate surface area is 169 Å². The van der Waals surface area contributed by atoms with Gasteiger partial charge in [0, 0.05) is 29.9 Å². The zero-order valence-electron chi connectivity index (χ0n) is 16.5. The molecule has 0 aliphatic carbocycles. The Morgan fingerprint density at radius 1 is 1.17 bits per heavy atom. The Hall–Kier alpha value is -3.48. The van der Waals surface area contributed by atoms with E-state index in [2.05, 4.69) is 27.4 Å². The normalized spacial score (nSPS) is 16.3. The summed E-state index contributed by atoms with van der Waals surface area (Å²) in [5.74, 6) is 0.824. The van der Waals surface area contributed by atoms with E-state index in [1.807, 2.05) is 55.5 Å². The lowest BCUT2D eigenvalue weighted by Gasteiger charge is -2.17. The summed E-state index contributed by atoms with van der Waals surface area (Å²) in [7, 11) is 0. The summed E-state index contributed by atoms with van der Waals surface area (Å²) in [6.45, 7) is 4.33. The highest BCUT2D eigenvalue weighted by Gasteiger charge is 2.35. The molecule has 7 heteroatoms. The summed E-state index contributed by atoms with van der Waals surface area (Å²) >= 11 is 0. The van der Waals surface area contributed by atoms with Gasteiger partial charge in [0.05, 0.1) is 5.92 Å². The van der Waals surface area contributed by atoms with Crippen LogP contribution in [0.5, 0.6) is 0 Å². The van der Waals surface area contributed by atoms with E-state index in [1.165, 1.54) is 5.56 Å². The number of amides is 2. The van der Waals surface area contributed by atoms with Crippen molar-refractivity contribution in [2.45, 2.75) is 26.7 Å². The molecule has 0 spiro atoms. The maximum atomic E-state index is 12.7. The minimum Gasteiger partial charge on any atom is -0.326 e. The van der Waals surface area contributed by atoms with E-state index in [9.17, 15) is 9.59 Å². The van der Waals surface area contributed by atoms with Crippen LogP contribution in [0.3, 0.4) is 0 Å². The second-order valence-electron chi connectivity index (χ2n) is 7.24. The number of nitrogens with one attached hydrogen (secondary N) is 2. The van der Waals surface area contributed by atoms with Gasteiger partial charge in [0.2, 0.25) is 11.8 Å². The lowest BCUT2D eigenvalue weighted by atomic mass is 10.1. The molecule has 1 aliphatic heterocycles. The number of hydrogen-bond donors (Lipinski definition) is 2. The van der Waals surface area contributed by atoms with Crippen LogP contribution in [0.2, 0.25) is 0 Å². The van der Waals surface area contributed by atoms with Crippen molar-refractivity contribution in [3.8, 4) is 11.4 Å². The van der Waals surface area contributed by atoms with Crippen molar-refractivity contribution < 1.29 is 9.59 Å². The zero-order chi connectivity index (χ0) is 20.4. The van der Waals surface area contributed by atoms with E-state index in [0.717, 1.165) is 23.5 Å². The van der Waals surface area contributed by atoms with Gasteiger partial charge in [0.1, 0.15) is 5.82 Å². The molecule has 1 fully saturated rings. The quantitative estimate of drug-likeness (QED) is 0.700. The number of anilines is 2. The van der Waals surface area contributed by atoms with Crippen LogP contribution < -0.4 is 10.2 Å². The van der Waals surface area contributed by atoms with Crippen molar-refractivity contribution >= 4 is 23.2 Å². The molecular formula is C22H23N5O2. The monoisotopic (exact) mass is 389 g/mol. The van der Waals surface area contributed by atoms with Crippen LogP contribution in [0.15, 0.2) is 48.5 Å². The third-order valence-electron chi connectivity index (χ3n) is 5.16. The summed E-state index contributed by atoms with van der Waals surface area (Å²) in [5.41, 5.74) is 3.61. The molecule has 7 nitrogen and oxygen atoms in total. The molecule has 0 saturated carbocycles. The molecule has 29 heavy (non-hydrogen) atoms. The number of carbonyl (C=O) groups is 2. The number of carbonyl (C=O) groups excluding carboxylic acids is 2. The number of aromatic nitrogens is 3. The lowest BCUT2D eigenvalue weighted by Crippen LogP contribution is -2.28. The fourth-order valence-electron chi connectivity index (χ4n) is 3.46. The first-order valence-electron chi connectivity index (χ1n) is 9.73. The Bertz CT molecular complexity index is 1020. The van der Waals surface area contributed by atoms with E-state index in [1.54, 1.807) is 4.90 Å². The van der Waals surface area contributed by atoms with Gasteiger partial charge >= 0.3 is 0 Å². The van der Waals surface area contributed by atoms with Crippen molar-refractivity contribution in [1.82, 2.24) is 15.2 Å². The fraction of sp³-hybridized carbons (Fsp3) is 0.273. The molecule has 1 saturated heterocycles. The first kappa shape index (κ1) is 18.9. The highest BCUT2D eigenvalue weighted by atomic mass is 16.2. The van der Waals surface area contributed by atoms with Crippen LogP contribution in [-0.4, -0.2) is 33.5 Å². The number of nitrogens with zero attached hydrogens (tertiary/aromatic N) is 3. The van der Waals surface area contributed by atoms with Gasteiger partial charge in [-0.2, -0.15) is 5.10 Å². The molecule has 1 atom stereocenters. The second-order valence-corrected chi connectivity index (χ2v) is 7.24. The highest BCUT2D eigenvalue weighted by molar-refractivity contribution is 6.03. The number of aromatic amines is 1. The van der Waals surface area contributed by atoms with Gasteiger partial charge in [0.15, 0.2) is 5.82 Å². The summed E-state index contributed by atoms with van der Waals surface area (Å²) in [6, 6.07) is 15.3. The van der Waals surface area contributed by atoms with Crippen molar-refractivity contribution in [2.24, 2.45) is 5.92 Å². The van der Waals surface area contributed by atoms with Crippen molar-refractivity contribution in [1.29, 1.82) is 0 Å². The van der Waals surface area contributed by atoms with Gasteiger partial charge in [-0.15, -0.1) is 0 Å². The molecule has 1 aromatic heterocycles. The van der Waals surface area contributed by atoms with Crippen LogP contribution >= 0.6 is 0 Å². The van der Waals surface area contributed by atoms with Gasteiger partial charge in [-0.1, -0.05) is 19.1 Å². The highest BCUT2D eigenvalue weighted by Crippen LogP contribution is 2.27. The molecule has 4 rings (SSSR count). The number of rotatable bonds is 5. The topological polar surface area (TPSA) is 91.0 Å². The molecule has 0 bridgehead atoms. The third-order valence-corrected chi connectivity index (χ3v) is 5.16. The summed E-state index contributed by atoms with van der Waals surface area (Å²) in [5, 5.41) is 9.85. The van der Waals surface area contributed by atoms with Crippen LogP contribution in [0.25, 0.3) is 11.4 Å². The number of aryl methyl sites for hydroxylation is 2. The van der Waals surface area contributed by atoms with Gasteiger partial charge in [-0.3, -0.25) is 14.7 Å². The van der Waals surface area contributed by atoms with Gasteiger partial charge in [-0.25, -0.2) is 4.98 Å². The number of benzene rings is 2. The second kappa shape index (κ2) is 7.87. The SMILES string of the molecule is CCc1ccc(N2CC(C(=O)Nc3ccc(-c4n[nH]c(C)n4)cc3)CC2=O)cc1. The van der Waals surface area contributed by atoms with Crippen molar-refractivity contribution in [3.63, 3.8) is 0 Å². The molecular weight excluding hydrogens is 366 g/mol. The molecule has 0 radical (unpaired) electrons. The van der Waals surface area contributed by atoms with Gasteiger partial charge in [0.25, 0.3) is 0 Å². The molecule has 2 amide bonds. The Kier molecular flexibility index (Phi) is 5.12. The number of hydrogen-bond acceptors (Lipinski definition) is 4. The third kappa shape index (κ3) is 4.03. The first-order valence-corrected chi connectivity index (χ1v) is 9.73. The van der Waals surface area contributed by atoms with Crippen LogP contribution in [-0.2, 0) is 16.0 Å². The van der Waals surface area contributed by atoms with E-state index >= 15 is 0 Å². The molecule has 2 heterocycles. The Morgan fingerprint density at radius 3 is 2.52 bits per heavy atom. The predicted molar refractivity (Wildman–Crippen MR) is 111 cm³/mol. The maximum absolute atomic E-state index is 12.7. The Morgan fingerprint density at radius 2 is 1.90 bits per heavy atom. The molecule has 148 valence electrons. The average Bonchev–Trinajstić information content (AvgIpc) is 3.34. The molecule has 2 aromatic carbocycles. The van der Waals surface area contributed by atoms with E-state index in [4.69, 9.17) is 0 Å². The van der Waals surface area contributed by atoms with E-state index < -0.39 is 0 Å². The van der Waals surface area contributed by atoms with Crippen molar-refractivity contribution in [3.05, 3.63) is 59.9 Å². The van der Waals surface area contributed by atoms with Gasteiger partial charge in [-0.05, 0) is 55.3 Å². The summed E-state index contributed by atoms with van der Waals surface area (Å²) in [6.07, 6.45) is 1.17. The first-order chi connectivity index (χ1) is 14.0. The number of H-pyrrole nitrogens is 1. The average molecular weight is 389 g/mol. The predicted octanol–water partition coefficient (Wildman–Crippen LogP) is 3.33. The fourth-order valence-corrected chi connectivity index (χ4v) is 3.46. The molecule has 1 aliphatic rings. The van der Waals surface area contributed by atoms with E-state index in [0.29, 0.717) is 18.1 Å². The summed E-state index contributed by atoms with van der Waals surface area (Å²) in [4.78, 5) is 31.1. The van der Waals surface area contributed by atoms with Gasteiger partial charge < -0.3 is 10.2 Å². The van der Waals surface area contributed by atoms with Crippen molar-refractivity contribution in [2.75, 3.05) is 16.8 Å². The smallest absolute Gasteiger partial charge is 0.229 e. The lowest BCUT2D eigenvalue weighted by molar-refractivity contribution is -0.122. The molecule has 1 unspecified atom stereocenters.